The van der Waals surface area contributed by atoms with Gasteiger partial charge in [-0.2, -0.15) is 0 Å². The molecule has 1 heterocycles. The number of thiol groups is 1. The van der Waals surface area contributed by atoms with Crippen LogP contribution in [0.25, 0.3) is 10.8 Å². The summed E-state index contributed by atoms with van der Waals surface area (Å²) in [7, 11) is 0. The predicted octanol–water partition coefficient (Wildman–Crippen LogP) is 2.29. The van der Waals surface area contributed by atoms with Crippen molar-refractivity contribution in [2.75, 3.05) is 0 Å². The molecule has 3 rings (SSSR count). The summed E-state index contributed by atoms with van der Waals surface area (Å²) in [5.74, 6) is -0.909. The Morgan fingerprint density at radius 2 is 1.83 bits per heavy atom. The van der Waals surface area contributed by atoms with Crippen LogP contribution >= 0.6 is 12.8 Å². The molecule has 0 bridgehead atoms. The van der Waals surface area contributed by atoms with Crippen molar-refractivity contribution in [1.29, 1.82) is 0 Å². The smallest absolute Gasteiger partial charge is 0.271 e. The van der Waals surface area contributed by atoms with E-state index in [-0.39, 0.29) is 5.75 Å². The number of phenols is 1. The second-order valence-corrected chi connectivity index (χ2v) is 4.62. The fourth-order valence-corrected chi connectivity index (χ4v) is 2.49. The van der Waals surface area contributed by atoms with Gasteiger partial charge in [0.1, 0.15) is 5.75 Å². The average molecular weight is 259 g/mol. The number of rotatable bonds is 0. The van der Waals surface area contributed by atoms with Crippen molar-refractivity contribution in [1.82, 2.24) is 4.31 Å². The van der Waals surface area contributed by atoms with Crippen molar-refractivity contribution in [3.63, 3.8) is 0 Å². The molecular weight excluding hydrogens is 250 g/mol. The molecule has 0 spiro atoms. The molecule has 0 unspecified atom stereocenters. The Hall–Kier alpha value is -2.01. The Morgan fingerprint density at radius 3 is 2.56 bits per heavy atom. The van der Waals surface area contributed by atoms with E-state index in [1.54, 1.807) is 25.1 Å². The van der Waals surface area contributed by atoms with Gasteiger partial charge in [0.2, 0.25) is 0 Å². The first kappa shape index (κ1) is 11.1. The van der Waals surface area contributed by atoms with Crippen molar-refractivity contribution in [3.8, 4) is 5.75 Å². The number of imide groups is 1. The van der Waals surface area contributed by atoms with E-state index in [1.807, 2.05) is 0 Å². The molecule has 1 aliphatic rings. The van der Waals surface area contributed by atoms with Crippen molar-refractivity contribution in [2.45, 2.75) is 6.92 Å². The molecule has 2 aromatic carbocycles. The van der Waals surface area contributed by atoms with Gasteiger partial charge in [0, 0.05) is 10.9 Å². The zero-order valence-electron chi connectivity index (χ0n) is 9.47. The highest BCUT2D eigenvalue weighted by Crippen LogP contribution is 2.36. The first-order valence-electron chi connectivity index (χ1n) is 5.35. The Bertz CT molecular complexity index is 724. The van der Waals surface area contributed by atoms with E-state index in [0.717, 1.165) is 4.31 Å². The molecule has 0 saturated heterocycles. The van der Waals surface area contributed by atoms with Gasteiger partial charge in [-0.15, -0.1) is 0 Å². The van der Waals surface area contributed by atoms with E-state index in [0.29, 0.717) is 27.5 Å². The SMILES string of the molecule is Cc1c(O)cc2c3c(cccc13)C(=O)N(S)C2=O. The number of amides is 2. The minimum absolute atomic E-state index is 0.0408. The molecule has 0 saturated carbocycles. The lowest BCUT2D eigenvalue weighted by molar-refractivity contribution is 0.0740. The lowest BCUT2D eigenvalue weighted by Crippen LogP contribution is -2.33. The lowest BCUT2D eigenvalue weighted by atomic mass is 9.92. The Morgan fingerprint density at radius 1 is 1.17 bits per heavy atom. The number of hydrogen-bond donors (Lipinski definition) is 2. The van der Waals surface area contributed by atoms with Crippen molar-refractivity contribution < 1.29 is 14.7 Å². The molecule has 0 atom stereocenters. The van der Waals surface area contributed by atoms with Crippen LogP contribution in [0.2, 0.25) is 0 Å². The number of aromatic hydroxyl groups is 1. The fourth-order valence-electron chi connectivity index (χ4n) is 2.28. The third kappa shape index (κ3) is 1.22. The highest BCUT2D eigenvalue weighted by molar-refractivity contribution is 7.79. The van der Waals surface area contributed by atoms with Gasteiger partial charge in [-0.25, -0.2) is 4.31 Å². The topological polar surface area (TPSA) is 57.6 Å². The van der Waals surface area contributed by atoms with E-state index in [2.05, 4.69) is 12.8 Å². The summed E-state index contributed by atoms with van der Waals surface area (Å²) in [5.41, 5.74) is 1.39. The third-order valence-corrected chi connectivity index (χ3v) is 3.61. The van der Waals surface area contributed by atoms with E-state index in [4.69, 9.17) is 0 Å². The molecule has 90 valence electrons. The van der Waals surface area contributed by atoms with Gasteiger partial charge in [-0.1, -0.05) is 24.9 Å². The van der Waals surface area contributed by atoms with Crippen LogP contribution < -0.4 is 0 Å². The van der Waals surface area contributed by atoms with E-state index < -0.39 is 11.8 Å². The van der Waals surface area contributed by atoms with Crippen LogP contribution in [0.15, 0.2) is 24.3 Å². The largest absolute Gasteiger partial charge is 0.508 e. The molecule has 5 heteroatoms. The summed E-state index contributed by atoms with van der Waals surface area (Å²) >= 11 is 3.90. The molecule has 0 fully saturated rings. The standard InChI is InChI=1S/C13H9NO3S/c1-6-7-3-2-4-8-11(7)9(5-10(6)15)13(17)14(18)12(8)16/h2-5,15,18H,1H3. The first-order chi connectivity index (χ1) is 8.52. The second kappa shape index (κ2) is 3.49. The van der Waals surface area contributed by atoms with Crippen molar-refractivity contribution >= 4 is 35.4 Å². The zero-order valence-corrected chi connectivity index (χ0v) is 10.4. The minimum Gasteiger partial charge on any atom is -0.508 e. The highest BCUT2D eigenvalue weighted by atomic mass is 32.1. The number of aryl methyl sites for hydroxylation is 1. The summed E-state index contributed by atoms with van der Waals surface area (Å²) in [4.78, 5) is 24.0. The van der Waals surface area contributed by atoms with Crippen LogP contribution in [0.1, 0.15) is 26.3 Å². The number of benzene rings is 2. The average Bonchev–Trinajstić information content (AvgIpc) is 2.38. The number of carbonyl (C=O) groups is 2. The number of phenolic OH excluding ortho intramolecular Hbond substituents is 1. The van der Waals surface area contributed by atoms with Crippen molar-refractivity contribution in [3.05, 3.63) is 41.0 Å². The molecule has 0 radical (unpaired) electrons. The van der Waals surface area contributed by atoms with Gasteiger partial charge in [-0.05, 0) is 30.0 Å². The number of carbonyl (C=O) groups excluding carboxylic acids is 2. The predicted molar refractivity (Wildman–Crippen MR) is 69.8 cm³/mol. The molecule has 1 aliphatic heterocycles. The maximum atomic E-state index is 12.0. The normalized spacial score (nSPS) is 14.4. The molecule has 0 aromatic heterocycles. The van der Waals surface area contributed by atoms with Crippen LogP contribution in [-0.4, -0.2) is 21.2 Å². The maximum Gasteiger partial charge on any atom is 0.271 e. The second-order valence-electron chi connectivity index (χ2n) is 4.22. The van der Waals surface area contributed by atoms with Crippen LogP contribution in [0.5, 0.6) is 5.75 Å². The monoisotopic (exact) mass is 259 g/mol. The summed E-state index contributed by atoms with van der Waals surface area (Å²) < 4.78 is 0.770. The molecular formula is C13H9NO3S. The Kier molecular flexibility index (Phi) is 2.15. The minimum atomic E-state index is -0.512. The zero-order chi connectivity index (χ0) is 13.0. The van der Waals surface area contributed by atoms with Crippen molar-refractivity contribution in [2.24, 2.45) is 0 Å². The number of hydrogen-bond acceptors (Lipinski definition) is 4. The molecule has 2 amide bonds. The quantitative estimate of drug-likeness (QED) is 0.564. The molecule has 18 heavy (non-hydrogen) atoms. The van der Waals surface area contributed by atoms with Gasteiger partial charge >= 0.3 is 0 Å². The highest BCUT2D eigenvalue weighted by Gasteiger charge is 2.32. The summed E-state index contributed by atoms with van der Waals surface area (Å²) in [6.45, 7) is 1.75. The van der Waals surface area contributed by atoms with Crippen LogP contribution in [0.4, 0.5) is 0 Å². The molecule has 0 aliphatic carbocycles. The Labute approximate surface area is 108 Å². The first-order valence-corrected chi connectivity index (χ1v) is 5.75. The Balaban J connectivity index is 2.57. The number of nitrogens with zero attached hydrogens (tertiary/aromatic N) is 1. The fraction of sp³-hybridized carbons (Fsp3) is 0.0769. The van der Waals surface area contributed by atoms with E-state index >= 15 is 0 Å². The van der Waals surface area contributed by atoms with Crippen LogP contribution in [0, 0.1) is 6.92 Å². The maximum absolute atomic E-state index is 12.0. The van der Waals surface area contributed by atoms with E-state index in [1.165, 1.54) is 6.07 Å². The third-order valence-electron chi connectivity index (χ3n) is 3.25. The van der Waals surface area contributed by atoms with Gasteiger partial charge in [0.15, 0.2) is 0 Å². The summed E-state index contributed by atoms with van der Waals surface area (Å²) in [6.07, 6.45) is 0. The van der Waals surface area contributed by atoms with Gasteiger partial charge in [0.05, 0.1) is 5.56 Å². The van der Waals surface area contributed by atoms with E-state index in [9.17, 15) is 14.7 Å². The summed E-state index contributed by atoms with van der Waals surface area (Å²) in [5, 5.41) is 11.1. The van der Waals surface area contributed by atoms with Gasteiger partial charge in [0.25, 0.3) is 11.8 Å². The van der Waals surface area contributed by atoms with Gasteiger partial charge in [-0.3, -0.25) is 9.59 Å². The summed E-state index contributed by atoms with van der Waals surface area (Å²) in [6, 6.07) is 6.55. The molecule has 2 aromatic rings. The molecule has 1 N–H and O–H groups in total. The van der Waals surface area contributed by atoms with Gasteiger partial charge < -0.3 is 5.11 Å². The van der Waals surface area contributed by atoms with Crippen LogP contribution in [-0.2, 0) is 0 Å². The molecule has 4 nitrogen and oxygen atoms in total. The van der Waals surface area contributed by atoms with Crippen LogP contribution in [0.3, 0.4) is 0 Å². The lowest BCUT2D eigenvalue weighted by Gasteiger charge is -2.23.